The number of carbonyl (C=O) groups excluding carboxylic acids is 1. The van der Waals surface area contributed by atoms with Crippen LogP contribution in [-0.4, -0.2) is 30.4 Å². The van der Waals surface area contributed by atoms with Gasteiger partial charge in [0.05, 0.1) is 6.54 Å². The minimum Gasteiger partial charge on any atom is -0.450 e. The lowest BCUT2D eigenvalue weighted by Crippen LogP contribution is -2.44. The van der Waals surface area contributed by atoms with E-state index in [-0.39, 0.29) is 5.91 Å². The number of rotatable bonds is 0. The van der Waals surface area contributed by atoms with Crippen LogP contribution < -0.4 is 5.32 Å². The van der Waals surface area contributed by atoms with Crippen molar-refractivity contribution in [3.63, 3.8) is 0 Å². The van der Waals surface area contributed by atoms with E-state index in [0.29, 0.717) is 6.54 Å². The van der Waals surface area contributed by atoms with E-state index in [1.807, 2.05) is 0 Å². The van der Waals surface area contributed by atoms with Crippen LogP contribution >= 0.6 is 0 Å². The van der Waals surface area contributed by atoms with Gasteiger partial charge >= 0.3 is 0 Å². The van der Waals surface area contributed by atoms with Crippen LogP contribution in [-0.2, 0) is 4.79 Å². The first-order chi connectivity index (χ1) is 3.79. The van der Waals surface area contributed by atoms with Crippen molar-refractivity contribution < 1.29 is 4.79 Å². The molecule has 0 atom stereocenters. The predicted octanol–water partition coefficient (Wildman–Crippen LogP) is -0.790. The molecule has 0 radical (unpaired) electrons. The van der Waals surface area contributed by atoms with E-state index in [2.05, 4.69) is 12.4 Å². The predicted molar refractivity (Wildman–Crippen MR) is 29.9 cm³/mol. The first-order valence-electron chi connectivity index (χ1n) is 2.61. The summed E-state index contributed by atoms with van der Waals surface area (Å²) < 4.78 is 0. The molecule has 0 aromatic carbocycles. The van der Waals surface area contributed by atoms with Gasteiger partial charge in [0.2, 0.25) is 5.91 Å². The van der Waals surface area contributed by atoms with Crippen molar-refractivity contribution in [3.8, 4) is 0 Å². The molecule has 3 nitrogen and oxygen atoms in total. The molecule has 1 fully saturated rings. The summed E-state index contributed by atoms with van der Waals surface area (Å²) in [5.74, 6) is 0.0752. The van der Waals surface area contributed by atoms with E-state index in [9.17, 15) is 4.79 Å². The summed E-state index contributed by atoms with van der Waals surface area (Å²) in [5.41, 5.74) is 0. The zero-order valence-electron chi connectivity index (χ0n) is 4.68. The lowest BCUT2D eigenvalue weighted by molar-refractivity contribution is -0.123. The minimum absolute atomic E-state index is 0.0752. The Labute approximate surface area is 48.7 Å². The van der Waals surface area contributed by atoms with Crippen LogP contribution in [0.1, 0.15) is 0 Å². The molecular weight excluding hydrogens is 104 g/mol. The average molecular weight is 113 g/mol. The van der Waals surface area contributed by atoms with Crippen LogP contribution in [0.2, 0.25) is 0 Å². The fraction of sp³-hybridized carbons (Fsp3) is 0.600. The quantitative estimate of drug-likeness (QED) is 0.417. The highest BCUT2D eigenvalue weighted by Gasteiger charge is 2.05. The van der Waals surface area contributed by atoms with Crippen LogP contribution in [0.3, 0.4) is 0 Å². The van der Waals surface area contributed by atoms with Crippen LogP contribution in [0.5, 0.6) is 0 Å². The number of nitrogens with zero attached hydrogens (tertiary/aromatic N) is 1. The molecule has 1 amide bonds. The monoisotopic (exact) mass is 113 g/mol. The largest absolute Gasteiger partial charge is 0.450 e. The smallest absolute Gasteiger partial charge is 0.231 e. The Kier molecular flexibility index (Phi) is 1.48. The van der Waals surface area contributed by atoms with E-state index < -0.39 is 0 Å². The molecule has 46 valence electrons. The Morgan fingerprint density at radius 3 is 2.88 bits per heavy atom. The molecule has 1 N–H and O–H groups in total. The van der Waals surface area contributed by atoms with Crippen molar-refractivity contribution >= 4 is 5.91 Å². The minimum atomic E-state index is 0.0752. The summed E-state index contributed by atoms with van der Waals surface area (Å²) >= 11 is 0. The molecule has 0 aliphatic carbocycles. The van der Waals surface area contributed by atoms with E-state index in [0.717, 1.165) is 13.1 Å². The van der Waals surface area contributed by atoms with E-state index >= 15 is 0 Å². The van der Waals surface area contributed by atoms with Crippen LogP contribution in [0, 0.1) is 7.05 Å². The van der Waals surface area contributed by atoms with Gasteiger partial charge in [0, 0.05) is 6.54 Å². The van der Waals surface area contributed by atoms with Gasteiger partial charge in [0.1, 0.15) is 0 Å². The van der Waals surface area contributed by atoms with E-state index in [1.54, 1.807) is 4.90 Å². The van der Waals surface area contributed by atoms with Crippen LogP contribution in [0.4, 0.5) is 0 Å². The molecule has 0 aromatic rings. The third-order valence-electron chi connectivity index (χ3n) is 1.12. The van der Waals surface area contributed by atoms with Crippen molar-refractivity contribution in [1.29, 1.82) is 0 Å². The second-order valence-corrected chi connectivity index (χ2v) is 1.90. The van der Waals surface area contributed by atoms with Gasteiger partial charge in [-0.3, -0.25) is 11.8 Å². The van der Waals surface area contributed by atoms with Gasteiger partial charge in [0.25, 0.3) is 0 Å². The Balaban J connectivity index is 2.34. The second kappa shape index (κ2) is 2.13. The van der Waals surface area contributed by atoms with Gasteiger partial charge in [-0.2, -0.15) is 0 Å². The molecule has 3 heteroatoms. The van der Waals surface area contributed by atoms with E-state index in [1.165, 1.54) is 0 Å². The van der Waals surface area contributed by atoms with Gasteiger partial charge in [-0.1, -0.05) is 0 Å². The molecule has 0 saturated carbocycles. The Bertz CT molecular complexity index is 103. The number of hydrogen-bond acceptors (Lipinski definition) is 2. The number of piperazine rings is 1. The molecule has 0 bridgehead atoms. The number of hydrogen-bond donors (Lipinski definition) is 1. The summed E-state index contributed by atoms with van der Waals surface area (Å²) in [7, 11) is 3.62. The number of amides is 1. The maximum atomic E-state index is 10.5. The SMILES string of the molecule is [CH2-]N1CCNC(=O)C1. The van der Waals surface area contributed by atoms with Gasteiger partial charge in [0.15, 0.2) is 0 Å². The summed E-state index contributed by atoms with van der Waals surface area (Å²) in [4.78, 5) is 12.2. The summed E-state index contributed by atoms with van der Waals surface area (Å²) in [6.45, 7) is 2.05. The molecule has 0 aromatic heterocycles. The van der Waals surface area contributed by atoms with Crippen molar-refractivity contribution in [2.24, 2.45) is 0 Å². The van der Waals surface area contributed by atoms with Crippen molar-refractivity contribution in [1.82, 2.24) is 10.2 Å². The molecule has 0 spiro atoms. The second-order valence-electron chi connectivity index (χ2n) is 1.90. The lowest BCUT2D eigenvalue weighted by atomic mass is 10.4. The van der Waals surface area contributed by atoms with E-state index in [4.69, 9.17) is 0 Å². The zero-order chi connectivity index (χ0) is 5.98. The number of carbonyl (C=O) groups is 1. The molecule has 1 rings (SSSR count). The molecule has 1 saturated heterocycles. The fourth-order valence-corrected chi connectivity index (χ4v) is 0.691. The molecule has 0 unspecified atom stereocenters. The Morgan fingerprint density at radius 1 is 1.75 bits per heavy atom. The highest BCUT2D eigenvalue weighted by atomic mass is 16.2. The first-order valence-corrected chi connectivity index (χ1v) is 2.61. The van der Waals surface area contributed by atoms with Crippen LogP contribution in [0.15, 0.2) is 0 Å². The highest BCUT2D eigenvalue weighted by molar-refractivity contribution is 5.78. The molecule has 1 heterocycles. The van der Waals surface area contributed by atoms with Gasteiger partial charge in [-0.25, -0.2) is 0 Å². The summed E-state index contributed by atoms with van der Waals surface area (Å²) in [6, 6.07) is 0. The fourth-order valence-electron chi connectivity index (χ4n) is 0.691. The van der Waals surface area contributed by atoms with Gasteiger partial charge < -0.3 is 10.2 Å². The highest BCUT2D eigenvalue weighted by Crippen LogP contribution is 1.87. The standard InChI is InChI=1S/C5H9N2O/c1-7-3-2-6-5(8)4-7/h1-4H2,(H,6,8)/q-1. The first kappa shape index (κ1) is 5.56. The Hall–Kier alpha value is -0.570. The average Bonchev–Trinajstić information content (AvgIpc) is 1.64. The van der Waals surface area contributed by atoms with Crippen molar-refractivity contribution in [3.05, 3.63) is 7.05 Å². The van der Waals surface area contributed by atoms with Crippen molar-refractivity contribution in [2.45, 2.75) is 0 Å². The van der Waals surface area contributed by atoms with Gasteiger partial charge in [-0.05, 0) is 6.54 Å². The Morgan fingerprint density at radius 2 is 2.50 bits per heavy atom. The van der Waals surface area contributed by atoms with Crippen LogP contribution in [0.25, 0.3) is 0 Å². The third-order valence-corrected chi connectivity index (χ3v) is 1.12. The number of nitrogens with one attached hydrogen (secondary N) is 1. The third kappa shape index (κ3) is 1.20. The molecule has 1 aliphatic rings. The van der Waals surface area contributed by atoms with Gasteiger partial charge in [-0.15, -0.1) is 0 Å². The zero-order valence-corrected chi connectivity index (χ0v) is 4.68. The maximum absolute atomic E-state index is 10.5. The molecule has 8 heavy (non-hydrogen) atoms. The normalized spacial score (nSPS) is 22.9. The molecular formula is C5H9N2O-. The lowest BCUT2D eigenvalue weighted by Gasteiger charge is -2.28. The maximum Gasteiger partial charge on any atom is 0.231 e. The summed E-state index contributed by atoms with van der Waals surface area (Å²) in [6.07, 6.45) is 0. The summed E-state index contributed by atoms with van der Waals surface area (Å²) in [5, 5.41) is 2.69. The van der Waals surface area contributed by atoms with Crippen molar-refractivity contribution in [2.75, 3.05) is 19.6 Å². The topological polar surface area (TPSA) is 32.3 Å². The molecule has 1 aliphatic heterocycles.